The van der Waals surface area contributed by atoms with E-state index in [1.165, 1.54) is 31.4 Å². The third-order valence-corrected chi connectivity index (χ3v) is 6.62. The molecule has 2 rings (SSSR count). The van der Waals surface area contributed by atoms with E-state index in [2.05, 4.69) is 60.7 Å². The number of alkyl halides is 1. The zero-order valence-corrected chi connectivity index (χ0v) is 14.9. The lowest BCUT2D eigenvalue weighted by Gasteiger charge is -2.39. The summed E-state index contributed by atoms with van der Waals surface area (Å²) in [6.45, 7) is 9.47. The Morgan fingerprint density at radius 2 is 1.80 bits per heavy atom. The van der Waals surface area contributed by atoms with E-state index in [4.69, 9.17) is 0 Å². The van der Waals surface area contributed by atoms with Gasteiger partial charge in [0.05, 0.1) is 0 Å². The van der Waals surface area contributed by atoms with Gasteiger partial charge in [0, 0.05) is 22.6 Å². The van der Waals surface area contributed by atoms with E-state index in [1.807, 2.05) is 12.3 Å². The summed E-state index contributed by atoms with van der Waals surface area (Å²) in [5.74, 6) is 2.18. The molecule has 1 nitrogen and oxygen atoms in total. The van der Waals surface area contributed by atoms with Crippen LogP contribution in [0.4, 0.5) is 0 Å². The summed E-state index contributed by atoms with van der Waals surface area (Å²) in [6, 6.07) is 6.24. The summed E-state index contributed by atoms with van der Waals surface area (Å²) in [5.41, 5.74) is 1.69. The largest absolute Gasteiger partial charge is 0.261 e. The van der Waals surface area contributed by atoms with Gasteiger partial charge in [-0.25, -0.2) is 0 Å². The van der Waals surface area contributed by atoms with Gasteiger partial charge in [-0.05, 0) is 55.1 Å². The van der Waals surface area contributed by atoms with Gasteiger partial charge in [0.25, 0.3) is 0 Å². The van der Waals surface area contributed by atoms with Crippen molar-refractivity contribution >= 4 is 15.9 Å². The molecule has 1 aromatic heterocycles. The monoisotopic (exact) mass is 337 g/mol. The number of aromatic nitrogens is 1. The molecule has 0 saturated heterocycles. The lowest BCUT2D eigenvalue weighted by molar-refractivity contribution is 0.147. The summed E-state index contributed by atoms with van der Waals surface area (Å²) in [7, 11) is 0. The molecule has 0 spiro atoms. The van der Waals surface area contributed by atoms with Crippen LogP contribution in [0, 0.1) is 17.3 Å². The van der Waals surface area contributed by atoms with Crippen molar-refractivity contribution in [1.82, 2.24) is 4.98 Å². The molecule has 0 N–H and O–H groups in total. The maximum Gasteiger partial charge on any atom is 0.0442 e. The van der Waals surface area contributed by atoms with Crippen LogP contribution in [0.3, 0.4) is 0 Å². The van der Waals surface area contributed by atoms with Crippen molar-refractivity contribution in [2.24, 2.45) is 17.3 Å². The molecule has 1 aliphatic rings. The average molecular weight is 338 g/mol. The number of halogens is 1. The second-order valence-electron chi connectivity index (χ2n) is 7.47. The lowest BCUT2D eigenvalue weighted by atomic mass is 9.68. The number of pyridine rings is 1. The molecule has 1 aliphatic carbocycles. The minimum absolute atomic E-state index is 0.472. The molecule has 0 aliphatic heterocycles. The molecule has 1 fully saturated rings. The van der Waals surface area contributed by atoms with Crippen LogP contribution in [0.2, 0.25) is 0 Å². The van der Waals surface area contributed by atoms with Crippen molar-refractivity contribution in [2.45, 2.75) is 64.1 Å². The molecule has 1 heterocycles. The maximum absolute atomic E-state index is 4.52. The molecule has 0 amide bonds. The first-order chi connectivity index (χ1) is 9.39. The van der Waals surface area contributed by atoms with Crippen molar-refractivity contribution in [3.63, 3.8) is 0 Å². The van der Waals surface area contributed by atoms with Crippen LogP contribution in [0.25, 0.3) is 0 Å². The summed E-state index contributed by atoms with van der Waals surface area (Å²) in [4.78, 5) is 5.07. The molecule has 1 aromatic rings. The summed E-state index contributed by atoms with van der Waals surface area (Å²) >= 11 is 3.97. The Morgan fingerprint density at radius 3 is 2.30 bits per heavy atom. The zero-order valence-electron chi connectivity index (χ0n) is 13.3. The van der Waals surface area contributed by atoms with Crippen LogP contribution in [-0.2, 0) is 0 Å². The molecule has 0 radical (unpaired) electrons. The minimum atomic E-state index is 0.472. The van der Waals surface area contributed by atoms with Crippen molar-refractivity contribution in [3.05, 3.63) is 30.1 Å². The third kappa shape index (κ3) is 3.84. The van der Waals surface area contributed by atoms with Crippen molar-refractivity contribution in [2.75, 3.05) is 0 Å². The van der Waals surface area contributed by atoms with Crippen LogP contribution in [0.5, 0.6) is 0 Å². The standard InChI is InChI=1S/C18H28BrN/c1-13(16-7-5-6-12-20-16)17(19)14-8-10-15(11-9-14)18(2,3)4/h5-7,12-15,17H,8-11H2,1-4H3. The molecular weight excluding hydrogens is 310 g/mol. The Bertz CT molecular complexity index is 401. The lowest BCUT2D eigenvalue weighted by Crippen LogP contribution is -2.30. The Labute approximate surface area is 132 Å². The molecule has 0 aromatic carbocycles. The van der Waals surface area contributed by atoms with E-state index in [0.29, 0.717) is 16.2 Å². The maximum atomic E-state index is 4.52. The van der Waals surface area contributed by atoms with Crippen molar-refractivity contribution in [1.29, 1.82) is 0 Å². The first kappa shape index (κ1) is 16.0. The molecule has 1 saturated carbocycles. The normalized spacial score (nSPS) is 27.1. The van der Waals surface area contributed by atoms with Crippen LogP contribution < -0.4 is 0 Å². The zero-order chi connectivity index (χ0) is 14.8. The fraction of sp³-hybridized carbons (Fsp3) is 0.722. The quantitative estimate of drug-likeness (QED) is 0.635. The SMILES string of the molecule is CC(c1ccccn1)C(Br)C1CCC(C(C)(C)C)CC1. The molecular formula is C18H28BrN. The smallest absolute Gasteiger partial charge is 0.0442 e. The van der Waals surface area contributed by atoms with Gasteiger partial charge in [-0.3, -0.25) is 4.98 Å². The first-order valence-electron chi connectivity index (χ1n) is 7.94. The number of hydrogen-bond acceptors (Lipinski definition) is 1. The molecule has 112 valence electrons. The molecule has 2 unspecified atom stereocenters. The summed E-state index contributed by atoms with van der Waals surface area (Å²) in [6.07, 6.45) is 7.38. The van der Waals surface area contributed by atoms with Gasteiger partial charge in [0.15, 0.2) is 0 Å². The van der Waals surface area contributed by atoms with E-state index in [1.54, 1.807) is 0 Å². The number of nitrogens with zero attached hydrogens (tertiary/aromatic N) is 1. The van der Waals surface area contributed by atoms with E-state index >= 15 is 0 Å². The van der Waals surface area contributed by atoms with Gasteiger partial charge < -0.3 is 0 Å². The average Bonchev–Trinajstić information content (AvgIpc) is 2.46. The highest BCUT2D eigenvalue weighted by atomic mass is 79.9. The highest BCUT2D eigenvalue weighted by Crippen LogP contribution is 2.44. The molecule has 2 atom stereocenters. The van der Waals surface area contributed by atoms with Crippen LogP contribution in [0.15, 0.2) is 24.4 Å². The van der Waals surface area contributed by atoms with Gasteiger partial charge in [-0.2, -0.15) is 0 Å². The Balaban J connectivity index is 1.93. The first-order valence-corrected chi connectivity index (χ1v) is 8.86. The fourth-order valence-electron chi connectivity index (χ4n) is 3.52. The van der Waals surface area contributed by atoms with Crippen LogP contribution in [0.1, 0.15) is 65.0 Å². The highest BCUT2D eigenvalue weighted by Gasteiger charge is 2.34. The summed E-state index contributed by atoms with van der Waals surface area (Å²) < 4.78 is 0. The topological polar surface area (TPSA) is 12.9 Å². The third-order valence-electron chi connectivity index (χ3n) is 5.08. The fourth-order valence-corrected chi connectivity index (χ4v) is 4.32. The van der Waals surface area contributed by atoms with E-state index < -0.39 is 0 Å². The second-order valence-corrected chi connectivity index (χ2v) is 8.52. The second kappa shape index (κ2) is 6.60. The predicted octanol–water partition coefficient (Wildman–Crippen LogP) is 5.80. The molecule has 20 heavy (non-hydrogen) atoms. The Morgan fingerprint density at radius 1 is 1.15 bits per heavy atom. The van der Waals surface area contributed by atoms with Gasteiger partial charge in [-0.15, -0.1) is 0 Å². The van der Waals surface area contributed by atoms with Gasteiger partial charge in [0.2, 0.25) is 0 Å². The van der Waals surface area contributed by atoms with Gasteiger partial charge in [-0.1, -0.05) is 49.7 Å². The highest BCUT2D eigenvalue weighted by molar-refractivity contribution is 9.09. The van der Waals surface area contributed by atoms with E-state index in [0.717, 1.165) is 11.8 Å². The van der Waals surface area contributed by atoms with Crippen LogP contribution >= 0.6 is 15.9 Å². The predicted molar refractivity (Wildman–Crippen MR) is 90.3 cm³/mol. The number of rotatable bonds is 3. The summed E-state index contributed by atoms with van der Waals surface area (Å²) in [5, 5.41) is 0. The Hall–Kier alpha value is -0.370. The molecule has 0 bridgehead atoms. The number of hydrogen-bond donors (Lipinski definition) is 0. The van der Waals surface area contributed by atoms with E-state index in [9.17, 15) is 0 Å². The molecule has 2 heteroatoms. The van der Waals surface area contributed by atoms with Gasteiger partial charge in [0.1, 0.15) is 0 Å². The Kier molecular flexibility index (Phi) is 5.28. The van der Waals surface area contributed by atoms with Crippen molar-refractivity contribution < 1.29 is 0 Å². The minimum Gasteiger partial charge on any atom is -0.261 e. The van der Waals surface area contributed by atoms with Crippen LogP contribution in [-0.4, -0.2) is 9.81 Å². The van der Waals surface area contributed by atoms with Gasteiger partial charge >= 0.3 is 0 Å². The van der Waals surface area contributed by atoms with E-state index in [-0.39, 0.29) is 0 Å². The van der Waals surface area contributed by atoms with Crippen molar-refractivity contribution in [3.8, 4) is 0 Å².